The Bertz CT molecular complexity index is 962. The zero-order valence-corrected chi connectivity index (χ0v) is 14.3. The number of halogens is 4. The Morgan fingerprint density at radius 1 is 1.16 bits per heavy atom. The Labute approximate surface area is 148 Å². The predicted octanol–water partition coefficient (Wildman–Crippen LogP) is 3.70. The summed E-state index contributed by atoms with van der Waals surface area (Å²) in [5, 5.41) is 8.98. The molecule has 0 saturated heterocycles. The number of benzene rings is 1. The van der Waals surface area contributed by atoms with Gasteiger partial charge in [-0.15, -0.1) is 21.6 Å². The molecule has 0 atom stereocenters. The highest BCUT2D eigenvalue weighted by Crippen LogP contribution is 2.52. The van der Waals surface area contributed by atoms with Gasteiger partial charge in [0.25, 0.3) is 15.9 Å². The standard InChI is InChI=1S/C13H7ClF3N3O3S2/c14-10-6-24-5-9(10)11(21)18-25(22,23)8-3-1-7(2-4-8)12(19-20-12)13(15,16)17/h1-6H,(H,18,21). The van der Waals surface area contributed by atoms with Gasteiger partial charge in [-0.3, -0.25) is 4.79 Å². The maximum absolute atomic E-state index is 12.9. The second-order valence-electron chi connectivity index (χ2n) is 4.96. The quantitative estimate of drug-likeness (QED) is 0.835. The van der Waals surface area contributed by atoms with E-state index < -0.39 is 27.8 Å². The fourth-order valence-electron chi connectivity index (χ4n) is 1.99. The molecule has 0 aliphatic carbocycles. The van der Waals surface area contributed by atoms with E-state index in [1.54, 1.807) is 4.72 Å². The summed E-state index contributed by atoms with van der Waals surface area (Å²) in [6.07, 6.45) is -4.71. The lowest BCUT2D eigenvalue weighted by Gasteiger charge is -2.15. The zero-order chi connectivity index (χ0) is 18.5. The molecule has 0 bridgehead atoms. The van der Waals surface area contributed by atoms with Gasteiger partial charge in [0.2, 0.25) is 0 Å². The van der Waals surface area contributed by atoms with Crippen molar-refractivity contribution in [1.82, 2.24) is 4.72 Å². The van der Waals surface area contributed by atoms with Gasteiger partial charge >= 0.3 is 11.8 Å². The lowest BCUT2D eigenvalue weighted by molar-refractivity contribution is -0.166. The van der Waals surface area contributed by atoms with E-state index >= 15 is 0 Å². The maximum atomic E-state index is 12.9. The summed E-state index contributed by atoms with van der Waals surface area (Å²) in [7, 11) is -4.28. The topological polar surface area (TPSA) is 88.0 Å². The average molecular weight is 410 g/mol. The molecule has 1 amide bonds. The molecule has 132 valence electrons. The molecule has 0 fully saturated rings. The molecule has 1 N–H and O–H groups in total. The summed E-state index contributed by atoms with van der Waals surface area (Å²) in [6.45, 7) is 0. The number of sulfonamides is 1. The number of hydrogen-bond acceptors (Lipinski definition) is 6. The van der Waals surface area contributed by atoms with Crippen LogP contribution in [-0.4, -0.2) is 20.5 Å². The van der Waals surface area contributed by atoms with Crippen LogP contribution in [0.1, 0.15) is 15.9 Å². The van der Waals surface area contributed by atoms with E-state index in [2.05, 4.69) is 10.2 Å². The molecular weight excluding hydrogens is 403 g/mol. The molecule has 1 aliphatic rings. The fraction of sp³-hybridized carbons (Fsp3) is 0.154. The number of carbonyl (C=O) groups is 1. The SMILES string of the molecule is O=C(NS(=O)(=O)c1ccc(C2(C(F)(F)F)N=N2)cc1)c1cscc1Cl. The summed E-state index contributed by atoms with van der Waals surface area (Å²) in [5.74, 6) is -0.936. The van der Waals surface area contributed by atoms with Crippen LogP contribution in [0.25, 0.3) is 0 Å². The van der Waals surface area contributed by atoms with Crippen molar-refractivity contribution in [2.24, 2.45) is 10.2 Å². The summed E-state index contributed by atoms with van der Waals surface area (Å²) in [4.78, 5) is 11.6. The van der Waals surface area contributed by atoms with Crippen LogP contribution in [0.15, 0.2) is 50.1 Å². The Morgan fingerprint density at radius 3 is 2.20 bits per heavy atom. The van der Waals surface area contributed by atoms with Gasteiger partial charge in [0.1, 0.15) is 0 Å². The molecule has 25 heavy (non-hydrogen) atoms. The second kappa shape index (κ2) is 5.78. The van der Waals surface area contributed by atoms with Gasteiger partial charge in [0.05, 0.1) is 15.5 Å². The number of amides is 1. The monoisotopic (exact) mass is 409 g/mol. The lowest BCUT2D eigenvalue weighted by Crippen LogP contribution is -2.31. The highest BCUT2D eigenvalue weighted by molar-refractivity contribution is 7.90. The molecule has 0 spiro atoms. The van der Waals surface area contributed by atoms with Crippen LogP contribution in [0.2, 0.25) is 5.02 Å². The first-order chi connectivity index (χ1) is 11.6. The smallest absolute Gasteiger partial charge is 0.268 e. The van der Waals surface area contributed by atoms with Crippen molar-refractivity contribution in [3.63, 3.8) is 0 Å². The summed E-state index contributed by atoms with van der Waals surface area (Å²) >= 11 is 6.87. The molecule has 2 heterocycles. The van der Waals surface area contributed by atoms with Crippen molar-refractivity contribution in [2.45, 2.75) is 16.7 Å². The molecule has 1 aliphatic heterocycles. The number of nitrogens with one attached hydrogen (secondary N) is 1. The number of alkyl halides is 3. The van der Waals surface area contributed by atoms with E-state index in [0.29, 0.717) is 0 Å². The van der Waals surface area contributed by atoms with Gasteiger partial charge in [0, 0.05) is 16.3 Å². The van der Waals surface area contributed by atoms with Crippen LogP contribution in [0.3, 0.4) is 0 Å². The molecule has 6 nitrogen and oxygen atoms in total. The largest absolute Gasteiger partial charge is 0.442 e. The molecule has 0 unspecified atom stereocenters. The summed E-state index contributed by atoms with van der Waals surface area (Å²) in [6, 6.07) is 3.78. The van der Waals surface area contributed by atoms with Crippen molar-refractivity contribution in [3.8, 4) is 0 Å². The van der Waals surface area contributed by atoms with E-state index in [1.807, 2.05) is 0 Å². The van der Waals surface area contributed by atoms with E-state index in [9.17, 15) is 26.4 Å². The maximum Gasteiger partial charge on any atom is 0.442 e. The average Bonchev–Trinajstić information content (AvgIpc) is 3.23. The Balaban J connectivity index is 1.82. The normalized spacial score (nSPS) is 15.8. The van der Waals surface area contributed by atoms with Crippen LogP contribution in [0.4, 0.5) is 13.2 Å². The number of rotatable bonds is 4. The third-order valence-corrected chi connectivity index (χ3v) is 5.88. The van der Waals surface area contributed by atoms with Crippen LogP contribution in [0.5, 0.6) is 0 Å². The van der Waals surface area contributed by atoms with Crippen LogP contribution < -0.4 is 4.72 Å². The van der Waals surface area contributed by atoms with Crippen molar-refractivity contribution in [2.75, 3.05) is 0 Å². The summed E-state index contributed by atoms with van der Waals surface area (Å²) in [5.41, 5.74) is -2.97. The molecule has 2 aromatic rings. The highest BCUT2D eigenvalue weighted by atomic mass is 35.5. The van der Waals surface area contributed by atoms with Crippen molar-refractivity contribution < 1.29 is 26.4 Å². The first-order valence-electron chi connectivity index (χ1n) is 6.47. The number of carbonyl (C=O) groups excluding carboxylic acids is 1. The van der Waals surface area contributed by atoms with Gasteiger partial charge < -0.3 is 0 Å². The van der Waals surface area contributed by atoms with Crippen LogP contribution >= 0.6 is 22.9 Å². The molecule has 1 aromatic carbocycles. The van der Waals surface area contributed by atoms with Gasteiger partial charge in [-0.2, -0.15) is 13.2 Å². The molecule has 1 aromatic heterocycles. The minimum atomic E-state index is -4.71. The van der Waals surface area contributed by atoms with E-state index in [0.717, 1.165) is 35.6 Å². The summed E-state index contributed by atoms with van der Waals surface area (Å²) < 4.78 is 64.9. The molecule has 0 radical (unpaired) electrons. The Hall–Kier alpha value is -1.98. The Morgan fingerprint density at radius 2 is 1.76 bits per heavy atom. The van der Waals surface area contributed by atoms with E-state index in [4.69, 9.17) is 11.6 Å². The molecular formula is C13H7ClF3N3O3S2. The van der Waals surface area contributed by atoms with Crippen molar-refractivity contribution >= 4 is 38.9 Å². The van der Waals surface area contributed by atoms with Gasteiger partial charge in [-0.05, 0) is 12.1 Å². The second-order valence-corrected chi connectivity index (χ2v) is 7.80. The van der Waals surface area contributed by atoms with Gasteiger partial charge in [-0.25, -0.2) is 13.1 Å². The van der Waals surface area contributed by atoms with Crippen LogP contribution in [-0.2, 0) is 15.7 Å². The van der Waals surface area contributed by atoms with Gasteiger partial charge in [-0.1, -0.05) is 23.7 Å². The third-order valence-electron chi connectivity index (χ3n) is 3.35. The van der Waals surface area contributed by atoms with E-state index in [1.165, 1.54) is 10.8 Å². The van der Waals surface area contributed by atoms with Crippen molar-refractivity contribution in [3.05, 3.63) is 51.2 Å². The van der Waals surface area contributed by atoms with Crippen molar-refractivity contribution in [1.29, 1.82) is 0 Å². The first kappa shape index (κ1) is 17.8. The zero-order valence-electron chi connectivity index (χ0n) is 11.9. The molecule has 3 rings (SSSR count). The fourth-order valence-corrected chi connectivity index (χ4v) is 4.00. The number of hydrogen-bond donors (Lipinski definition) is 1. The first-order valence-corrected chi connectivity index (χ1v) is 9.27. The van der Waals surface area contributed by atoms with Gasteiger partial charge in [0.15, 0.2) is 0 Å². The molecule has 0 saturated carbocycles. The van der Waals surface area contributed by atoms with E-state index in [-0.39, 0.29) is 21.0 Å². The lowest BCUT2D eigenvalue weighted by atomic mass is 10.0. The Kier molecular flexibility index (Phi) is 4.12. The predicted molar refractivity (Wildman–Crippen MR) is 83.0 cm³/mol. The third kappa shape index (κ3) is 3.14. The number of thiophene rings is 1. The van der Waals surface area contributed by atoms with Crippen LogP contribution in [0, 0.1) is 0 Å². The minimum Gasteiger partial charge on any atom is -0.268 e. The minimum absolute atomic E-state index is 0.0153. The highest BCUT2D eigenvalue weighted by Gasteiger charge is 2.65. The number of nitrogens with zero attached hydrogens (tertiary/aromatic N) is 2. The molecule has 12 heteroatoms.